The van der Waals surface area contributed by atoms with Gasteiger partial charge in [-0.25, -0.2) is 0 Å². The van der Waals surface area contributed by atoms with Crippen molar-refractivity contribution in [1.82, 2.24) is 4.98 Å². The summed E-state index contributed by atoms with van der Waals surface area (Å²) in [6.45, 7) is 2.03. The van der Waals surface area contributed by atoms with E-state index in [0.29, 0.717) is 0 Å². The molecule has 0 aliphatic heterocycles. The van der Waals surface area contributed by atoms with Crippen molar-refractivity contribution in [2.45, 2.75) is 19.8 Å². The van der Waals surface area contributed by atoms with Gasteiger partial charge < -0.3 is 4.98 Å². The van der Waals surface area contributed by atoms with Crippen LogP contribution in [0, 0.1) is 6.92 Å². The van der Waals surface area contributed by atoms with Crippen molar-refractivity contribution in [2.75, 3.05) is 0 Å². The summed E-state index contributed by atoms with van der Waals surface area (Å²) in [5.74, 6) is 0. The van der Waals surface area contributed by atoms with Gasteiger partial charge in [0.05, 0.1) is 0 Å². The third-order valence-corrected chi connectivity index (χ3v) is 3.94. The Morgan fingerprint density at radius 2 is 1.71 bits per heavy atom. The number of aromatic amines is 1. The monoisotopic (exact) mass is 267 g/mol. The molecule has 2 heteroatoms. The molecule has 0 atom stereocenters. The Bertz CT molecular complexity index is 433. The van der Waals surface area contributed by atoms with Gasteiger partial charge in [0, 0.05) is 11.9 Å². The van der Waals surface area contributed by atoms with E-state index < -0.39 is 0 Å². The largest absolute Gasteiger partial charge is 0.365 e. The fraction of sp³-hybridized carbons (Fsp3) is 0.200. The summed E-state index contributed by atoms with van der Waals surface area (Å²) in [6, 6.07) is 4.01. The van der Waals surface area contributed by atoms with Crippen LogP contribution in [0.2, 0.25) is 0 Å². The van der Waals surface area contributed by atoms with Gasteiger partial charge in [0.25, 0.3) is 0 Å². The summed E-state index contributed by atoms with van der Waals surface area (Å²) >= 11 is 1.18. The Balaban J connectivity index is 0.000000153. The summed E-state index contributed by atoms with van der Waals surface area (Å²) in [5, 5.41) is 0. The summed E-state index contributed by atoms with van der Waals surface area (Å²) in [6.07, 6.45) is 17.5. The maximum Gasteiger partial charge on any atom is 0.0115 e. The second kappa shape index (κ2) is 6.48. The topological polar surface area (TPSA) is 15.8 Å². The Labute approximate surface area is 109 Å². The maximum absolute atomic E-state index is 3.00. The van der Waals surface area contributed by atoms with E-state index >= 15 is 0 Å². The normalized spacial score (nSPS) is 16.8. The standard InChI is InChI=1S/C5H7N.2C5H5.Fe/c1-5-3-2-4-6-5;2*1-2-4-5-3-1;/h2-4,6H,1H3;2*1-3H,4H2;. The molecule has 0 fully saturated rings. The Hall–Kier alpha value is -1.24. The van der Waals surface area contributed by atoms with Crippen molar-refractivity contribution in [1.29, 1.82) is 0 Å². The van der Waals surface area contributed by atoms with Crippen molar-refractivity contribution >= 4 is 0 Å². The number of hydrogen-bond acceptors (Lipinski definition) is 0. The van der Waals surface area contributed by atoms with Crippen molar-refractivity contribution in [3.63, 3.8) is 0 Å². The first-order chi connectivity index (χ1) is 8.34. The van der Waals surface area contributed by atoms with E-state index in [1.807, 2.05) is 25.3 Å². The molecular weight excluding hydrogens is 250 g/mol. The molecule has 0 amide bonds. The van der Waals surface area contributed by atoms with E-state index in [1.165, 1.54) is 20.7 Å². The Morgan fingerprint density at radius 3 is 2.00 bits per heavy atom. The van der Waals surface area contributed by atoms with Gasteiger partial charge in [0.2, 0.25) is 0 Å². The van der Waals surface area contributed by atoms with Crippen LogP contribution in [0.15, 0.2) is 63.7 Å². The molecule has 17 heavy (non-hydrogen) atoms. The zero-order valence-corrected chi connectivity index (χ0v) is 11.1. The second-order valence-corrected chi connectivity index (χ2v) is 5.60. The molecule has 0 bridgehead atoms. The van der Waals surface area contributed by atoms with E-state index in [2.05, 4.69) is 41.4 Å². The number of aryl methyl sites for hydroxylation is 1. The fourth-order valence-electron chi connectivity index (χ4n) is 1.53. The van der Waals surface area contributed by atoms with Gasteiger partial charge in [-0.1, -0.05) is 0 Å². The average Bonchev–Trinajstić information content (AvgIpc) is 3.02. The van der Waals surface area contributed by atoms with Crippen molar-refractivity contribution in [3.05, 3.63) is 69.4 Å². The van der Waals surface area contributed by atoms with E-state index in [-0.39, 0.29) is 0 Å². The molecule has 0 unspecified atom stereocenters. The quantitative estimate of drug-likeness (QED) is 0.777. The smallest absolute Gasteiger partial charge is 0.0115 e. The molecule has 1 nitrogen and oxygen atoms in total. The molecule has 3 rings (SSSR count). The van der Waals surface area contributed by atoms with Crippen LogP contribution in [0.3, 0.4) is 0 Å². The molecule has 90 valence electrons. The van der Waals surface area contributed by atoms with Gasteiger partial charge in [0.15, 0.2) is 0 Å². The molecule has 1 heterocycles. The first-order valence-electron chi connectivity index (χ1n) is 5.78. The van der Waals surface area contributed by atoms with Crippen molar-refractivity contribution in [2.24, 2.45) is 0 Å². The number of H-pyrrole nitrogens is 1. The zero-order valence-electron chi connectivity index (χ0n) is 9.96. The Kier molecular flexibility index (Phi) is 4.66. The molecule has 1 aromatic rings. The molecule has 1 N–H and O–H groups in total. The zero-order chi connectivity index (χ0) is 11.9. The van der Waals surface area contributed by atoms with Gasteiger partial charge >= 0.3 is 73.2 Å². The van der Waals surface area contributed by atoms with Crippen LogP contribution in [0.25, 0.3) is 0 Å². The summed E-state index contributed by atoms with van der Waals surface area (Å²) in [5.41, 5.74) is 1.22. The summed E-state index contributed by atoms with van der Waals surface area (Å²) in [4.78, 5) is 3.00. The molecule has 0 aromatic carbocycles. The van der Waals surface area contributed by atoms with E-state index in [1.54, 1.807) is 8.94 Å². The number of nitrogens with one attached hydrogen (secondary N) is 1. The van der Waals surface area contributed by atoms with Gasteiger partial charge in [0.1, 0.15) is 0 Å². The van der Waals surface area contributed by atoms with E-state index in [0.717, 1.165) is 12.8 Å². The SMILES string of the molecule is C1=CC[C]([Fe][C]2=CC=CC2)=C1.Cc1ccc[nH]1. The first-order valence-corrected chi connectivity index (χ1v) is 6.89. The number of aromatic nitrogens is 1. The Morgan fingerprint density at radius 1 is 1.06 bits per heavy atom. The molecule has 0 spiro atoms. The van der Waals surface area contributed by atoms with Crippen LogP contribution in [-0.4, -0.2) is 4.98 Å². The third-order valence-electron chi connectivity index (χ3n) is 2.41. The number of allylic oxidation sites excluding steroid dienone is 8. The molecular formula is C15H17FeN. The number of rotatable bonds is 2. The molecule has 1 aromatic heterocycles. The molecule has 0 saturated heterocycles. The van der Waals surface area contributed by atoms with Gasteiger partial charge in [-0.2, -0.15) is 0 Å². The van der Waals surface area contributed by atoms with Crippen LogP contribution < -0.4 is 0 Å². The molecule has 0 saturated carbocycles. The summed E-state index contributed by atoms with van der Waals surface area (Å²) < 4.78 is 3.11. The predicted octanol–water partition coefficient (Wildman–Crippen LogP) is 4.08. The van der Waals surface area contributed by atoms with Crippen molar-refractivity contribution < 1.29 is 15.0 Å². The maximum atomic E-state index is 3.00. The van der Waals surface area contributed by atoms with Crippen LogP contribution in [0.4, 0.5) is 0 Å². The van der Waals surface area contributed by atoms with Crippen LogP contribution in [-0.2, 0) is 15.0 Å². The minimum atomic E-state index is 1.16. The van der Waals surface area contributed by atoms with E-state index in [9.17, 15) is 0 Å². The first kappa shape index (κ1) is 12.2. The molecule has 2 aliphatic carbocycles. The molecule has 2 aliphatic rings. The minimum absolute atomic E-state index is 1.16. The van der Waals surface area contributed by atoms with Crippen LogP contribution >= 0.6 is 0 Å². The van der Waals surface area contributed by atoms with Gasteiger partial charge in [-0.15, -0.1) is 0 Å². The summed E-state index contributed by atoms with van der Waals surface area (Å²) in [7, 11) is 0. The van der Waals surface area contributed by atoms with Crippen LogP contribution in [0.5, 0.6) is 0 Å². The molecule has 0 radical (unpaired) electrons. The fourth-order valence-corrected chi connectivity index (χ4v) is 2.87. The predicted molar refractivity (Wildman–Crippen MR) is 69.2 cm³/mol. The van der Waals surface area contributed by atoms with Crippen molar-refractivity contribution in [3.8, 4) is 0 Å². The number of hydrogen-bond donors (Lipinski definition) is 1. The minimum Gasteiger partial charge on any atom is -0.365 e. The van der Waals surface area contributed by atoms with Gasteiger partial charge in [-0.05, 0) is 19.1 Å². The average molecular weight is 267 g/mol. The third kappa shape index (κ3) is 4.26. The van der Waals surface area contributed by atoms with Gasteiger partial charge in [-0.3, -0.25) is 0 Å². The second-order valence-electron chi connectivity index (χ2n) is 3.90. The van der Waals surface area contributed by atoms with Crippen LogP contribution in [0.1, 0.15) is 18.5 Å². The van der Waals surface area contributed by atoms with E-state index in [4.69, 9.17) is 0 Å².